The zero-order valence-corrected chi connectivity index (χ0v) is 16.2. The lowest BCUT2D eigenvalue weighted by Gasteiger charge is -2.21. The number of hydrogen-bond donors (Lipinski definition) is 1. The third kappa shape index (κ3) is 5.74. The highest BCUT2D eigenvalue weighted by molar-refractivity contribution is 7.10. The van der Waals surface area contributed by atoms with Crippen LogP contribution >= 0.6 is 11.3 Å². The first-order chi connectivity index (χ1) is 12.3. The Morgan fingerprint density at radius 1 is 1.23 bits per heavy atom. The summed E-state index contributed by atoms with van der Waals surface area (Å²) in [4.78, 5) is 24.7. The Morgan fingerprint density at radius 3 is 2.62 bits per heavy atom. The van der Waals surface area contributed by atoms with E-state index in [1.165, 1.54) is 24.5 Å². The van der Waals surface area contributed by atoms with E-state index in [1.54, 1.807) is 6.08 Å². The van der Waals surface area contributed by atoms with Crippen LogP contribution in [0.4, 0.5) is 5.69 Å². The van der Waals surface area contributed by atoms with Gasteiger partial charge in [-0.2, -0.15) is 0 Å². The number of thiophene rings is 1. The Labute approximate surface area is 157 Å². The van der Waals surface area contributed by atoms with Gasteiger partial charge in [0.1, 0.15) is 5.75 Å². The molecule has 0 saturated heterocycles. The van der Waals surface area contributed by atoms with Crippen LogP contribution in [0.3, 0.4) is 0 Å². The molecule has 0 aliphatic heterocycles. The van der Waals surface area contributed by atoms with Gasteiger partial charge in [0.2, 0.25) is 0 Å². The van der Waals surface area contributed by atoms with Gasteiger partial charge in [-0.15, -0.1) is 11.3 Å². The number of rotatable bonds is 6. The van der Waals surface area contributed by atoms with Crippen molar-refractivity contribution in [1.29, 1.82) is 0 Å². The molecule has 0 aliphatic carbocycles. The zero-order chi connectivity index (χ0) is 19.2. The molecule has 138 valence electrons. The average Bonchev–Trinajstić information content (AvgIpc) is 3.11. The van der Waals surface area contributed by atoms with E-state index in [1.807, 2.05) is 35.7 Å². The van der Waals surface area contributed by atoms with Crippen LogP contribution in [0.15, 0.2) is 41.8 Å². The summed E-state index contributed by atoms with van der Waals surface area (Å²) in [6.07, 6.45) is 2.96. The first-order valence-electron chi connectivity index (χ1n) is 8.16. The fourth-order valence-corrected chi connectivity index (χ4v) is 2.80. The summed E-state index contributed by atoms with van der Waals surface area (Å²) >= 11 is 1.51. The normalized spacial score (nSPS) is 11.4. The highest BCUT2D eigenvalue weighted by atomic mass is 32.1. The third-order valence-corrected chi connectivity index (χ3v) is 4.45. The number of methoxy groups -OCH3 is 1. The van der Waals surface area contributed by atoms with Gasteiger partial charge < -0.3 is 14.8 Å². The minimum absolute atomic E-state index is 0.0647. The Hall–Kier alpha value is -2.60. The number of esters is 1. The highest BCUT2D eigenvalue weighted by Gasteiger charge is 2.17. The Kier molecular flexibility index (Phi) is 6.58. The lowest BCUT2D eigenvalue weighted by Crippen LogP contribution is -2.21. The minimum atomic E-state index is -0.566. The summed E-state index contributed by atoms with van der Waals surface area (Å²) in [7, 11) is 1.54. The van der Waals surface area contributed by atoms with E-state index in [9.17, 15) is 9.59 Å². The molecule has 2 rings (SSSR count). The number of nitrogens with one attached hydrogen (secondary N) is 1. The van der Waals surface area contributed by atoms with Crippen LogP contribution in [0.25, 0.3) is 6.08 Å². The van der Waals surface area contributed by atoms with Crippen molar-refractivity contribution in [3.63, 3.8) is 0 Å². The topological polar surface area (TPSA) is 64.6 Å². The number of carbonyl (C=O) groups is 2. The van der Waals surface area contributed by atoms with E-state index in [0.29, 0.717) is 11.4 Å². The van der Waals surface area contributed by atoms with Gasteiger partial charge in [-0.1, -0.05) is 32.9 Å². The molecule has 0 fully saturated rings. The second-order valence-electron chi connectivity index (χ2n) is 6.67. The Morgan fingerprint density at radius 2 is 2.00 bits per heavy atom. The van der Waals surface area contributed by atoms with Crippen molar-refractivity contribution in [2.75, 3.05) is 19.0 Å². The number of ether oxygens (including phenoxy) is 2. The predicted octanol–water partition coefficient (Wildman–Crippen LogP) is 4.25. The molecular weight excluding hydrogens is 350 g/mol. The molecule has 1 aromatic carbocycles. The van der Waals surface area contributed by atoms with E-state index in [4.69, 9.17) is 9.47 Å². The van der Waals surface area contributed by atoms with Crippen molar-refractivity contribution in [3.05, 3.63) is 52.2 Å². The Bertz CT molecular complexity index is 789. The second-order valence-corrected chi connectivity index (χ2v) is 7.65. The van der Waals surface area contributed by atoms with Gasteiger partial charge in [0, 0.05) is 11.0 Å². The summed E-state index contributed by atoms with van der Waals surface area (Å²) in [5.41, 5.74) is 1.55. The van der Waals surface area contributed by atoms with E-state index in [-0.39, 0.29) is 12.0 Å². The molecule has 0 atom stereocenters. The second kappa shape index (κ2) is 8.67. The van der Waals surface area contributed by atoms with Gasteiger partial charge in [-0.05, 0) is 40.6 Å². The standard InChI is InChI=1S/C20H23NO4S/c1-20(2,3)14-7-9-17(24-4)16(12-14)21-18(22)13-25-19(23)10-8-15-6-5-11-26-15/h5-12H,13H2,1-4H3,(H,21,22)/b10-8+. The zero-order valence-electron chi connectivity index (χ0n) is 15.4. The van der Waals surface area contributed by atoms with E-state index < -0.39 is 11.9 Å². The fraction of sp³-hybridized carbons (Fsp3) is 0.300. The molecule has 1 N–H and O–H groups in total. The van der Waals surface area contributed by atoms with Crippen LogP contribution in [0.1, 0.15) is 31.2 Å². The Balaban J connectivity index is 1.95. The van der Waals surface area contributed by atoms with Crippen molar-refractivity contribution < 1.29 is 19.1 Å². The minimum Gasteiger partial charge on any atom is -0.495 e. The molecule has 1 aromatic heterocycles. The van der Waals surface area contributed by atoms with Gasteiger partial charge in [-0.3, -0.25) is 4.79 Å². The van der Waals surface area contributed by atoms with Crippen molar-refractivity contribution in [2.45, 2.75) is 26.2 Å². The van der Waals surface area contributed by atoms with Crippen molar-refractivity contribution in [1.82, 2.24) is 0 Å². The molecular formula is C20H23NO4S. The molecule has 6 heteroatoms. The molecule has 0 bridgehead atoms. The molecule has 2 aromatic rings. The number of amides is 1. The molecule has 1 amide bonds. The van der Waals surface area contributed by atoms with Crippen LogP contribution in [-0.2, 0) is 19.7 Å². The average molecular weight is 373 g/mol. The molecule has 1 heterocycles. The van der Waals surface area contributed by atoms with E-state index in [0.717, 1.165) is 10.4 Å². The summed E-state index contributed by atoms with van der Waals surface area (Å²) in [5, 5.41) is 4.65. The summed E-state index contributed by atoms with van der Waals surface area (Å²) < 4.78 is 10.3. The maximum Gasteiger partial charge on any atom is 0.331 e. The number of hydrogen-bond acceptors (Lipinski definition) is 5. The molecule has 0 unspecified atom stereocenters. The quantitative estimate of drug-likeness (QED) is 0.607. The van der Waals surface area contributed by atoms with Gasteiger partial charge in [0.05, 0.1) is 12.8 Å². The number of anilines is 1. The predicted molar refractivity (Wildman–Crippen MR) is 105 cm³/mol. The molecule has 0 radical (unpaired) electrons. The maximum atomic E-state index is 12.1. The largest absolute Gasteiger partial charge is 0.495 e. The van der Waals surface area contributed by atoms with Crippen LogP contribution in [0.2, 0.25) is 0 Å². The van der Waals surface area contributed by atoms with Crippen LogP contribution in [0, 0.1) is 0 Å². The molecule has 0 saturated carbocycles. The summed E-state index contributed by atoms with van der Waals surface area (Å²) in [6.45, 7) is 5.89. The SMILES string of the molecule is COc1ccc(C(C)(C)C)cc1NC(=O)COC(=O)/C=C/c1cccs1. The maximum absolute atomic E-state index is 12.1. The number of benzene rings is 1. The monoisotopic (exact) mass is 373 g/mol. The molecule has 0 aliphatic rings. The van der Waals surface area contributed by atoms with Crippen LogP contribution in [-0.4, -0.2) is 25.6 Å². The lowest BCUT2D eigenvalue weighted by atomic mass is 9.87. The fourth-order valence-electron chi connectivity index (χ4n) is 2.18. The van der Waals surface area contributed by atoms with E-state index in [2.05, 4.69) is 26.1 Å². The molecule has 0 spiro atoms. The molecule has 26 heavy (non-hydrogen) atoms. The van der Waals surface area contributed by atoms with Crippen LogP contribution < -0.4 is 10.1 Å². The van der Waals surface area contributed by atoms with Gasteiger partial charge in [-0.25, -0.2) is 4.79 Å². The first-order valence-corrected chi connectivity index (χ1v) is 9.04. The lowest BCUT2D eigenvalue weighted by molar-refractivity contribution is -0.142. The third-order valence-electron chi connectivity index (χ3n) is 3.61. The first kappa shape index (κ1) is 19.7. The van der Waals surface area contributed by atoms with Gasteiger partial charge in [0.15, 0.2) is 6.61 Å². The van der Waals surface area contributed by atoms with Crippen molar-refractivity contribution in [3.8, 4) is 5.75 Å². The summed E-state index contributed by atoms with van der Waals surface area (Å²) in [6, 6.07) is 9.42. The summed E-state index contributed by atoms with van der Waals surface area (Å²) in [5.74, 6) is -0.438. The van der Waals surface area contributed by atoms with Gasteiger partial charge in [0.25, 0.3) is 5.91 Å². The van der Waals surface area contributed by atoms with Gasteiger partial charge >= 0.3 is 5.97 Å². The smallest absolute Gasteiger partial charge is 0.331 e. The highest BCUT2D eigenvalue weighted by Crippen LogP contribution is 2.31. The molecule has 5 nitrogen and oxygen atoms in total. The van der Waals surface area contributed by atoms with Crippen LogP contribution in [0.5, 0.6) is 5.75 Å². The van der Waals surface area contributed by atoms with Crippen molar-refractivity contribution in [2.24, 2.45) is 0 Å². The van der Waals surface area contributed by atoms with Crippen molar-refractivity contribution >= 4 is 35.0 Å². The number of carbonyl (C=O) groups excluding carboxylic acids is 2. The van der Waals surface area contributed by atoms with E-state index >= 15 is 0 Å².